The monoisotopic (exact) mass is 1050 g/mol. The molecule has 2 aliphatic rings. The summed E-state index contributed by atoms with van der Waals surface area (Å²) < 4.78 is 0. The van der Waals surface area contributed by atoms with Gasteiger partial charge in [0.1, 0.15) is 0 Å². The highest BCUT2D eigenvalue weighted by Gasteiger charge is 2.26. The second-order valence-corrected chi connectivity index (χ2v) is 16.0. The molecule has 0 unspecified atom stereocenters. The molecular weight excluding hydrogens is 971 g/mol. The number of nitrogens with one attached hydrogen (secondary N) is 1. The van der Waals surface area contributed by atoms with Crippen LogP contribution in [-0.4, -0.2) is 69.7 Å². The van der Waals surface area contributed by atoms with Crippen molar-refractivity contribution in [3.8, 4) is 0 Å². The Morgan fingerprint density at radius 2 is 0.662 bits per heavy atom. The first-order chi connectivity index (χ1) is 36.9. The van der Waals surface area contributed by atoms with Gasteiger partial charge < -0.3 is 15.5 Å². The molecule has 3 N–H and O–H groups in total. The second-order valence-electron chi connectivity index (χ2n) is 16.0. The van der Waals surface area contributed by atoms with Crippen LogP contribution in [0.5, 0.6) is 0 Å². The first kappa shape index (κ1) is 68.5. The molecule has 0 aliphatic heterocycles. The summed E-state index contributed by atoms with van der Waals surface area (Å²) in [5, 5.41) is 23.8. The molecule has 0 amide bonds. The third kappa shape index (κ3) is 20.6. The molecule has 0 spiro atoms. The highest BCUT2D eigenvalue weighted by atomic mass is 16.4. The Kier molecular flexibility index (Phi) is 33.1. The molecule has 2 aliphatic carbocycles. The van der Waals surface area contributed by atoms with E-state index in [-0.39, 0.29) is 70.0 Å². The Balaban J connectivity index is 0.000000897. The van der Waals surface area contributed by atoms with Gasteiger partial charge >= 0.3 is 11.9 Å². The second kappa shape index (κ2) is 37.3. The molecule has 77 heavy (non-hydrogen) atoms. The van der Waals surface area contributed by atoms with Crippen molar-refractivity contribution in [2.75, 3.05) is 12.4 Å². The fraction of sp³-hybridized carbons (Fsp3) is 0.277. The summed E-state index contributed by atoms with van der Waals surface area (Å²) in [7, 11) is 1.81. The third-order valence-electron chi connectivity index (χ3n) is 10.3. The Morgan fingerprint density at radius 1 is 0.377 bits per heavy atom. The van der Waals surface area contributed by atoms with Gasteiger partial charge in [0, 0.05) is 62.5 Å². The van der Waals surface area contributed by atoms with Crippen LogP contribution in [0.15, 0.2) is 146 Å². The van der Waals surface area contributed by atoms with E-state index in [0.29, 0.717) is 33.2 Å². The zero-order valence-corrected chi connectivity index (χ0v) is 47.3. The van der Waals surface area contributed by atoms with E-state index in [9.17, 15) is 43.2 Å². The largest absolute Gasteiger partial charge is 0.478 e. The van der Waals surface area contributed by atoms with Gasteiger partial charge in [0.2, 0.25) is 0 Å². The lowest BCUT2D eigenvalue weighted by atomic mass is 9.87. The first-order valence-corrected chi connectivity index (χ1v) is 26.0. The summed E-state index contributed by atoms with van der Waals surface area (Å²) in [5.74, 6) is -2.58. The molecule has 0 fully saturated rings. The van der Waals surface area contributed by atoms with Gasteiger partial charge in [-0.2, -0.15) is 0 Å². The molecule has 0 bridgehead atoms. The summed E-state index contributed by atoms with van der Waals surface area (Å²) in [6, 6.07) is 41.9. The van der Waals surface area contributed by atoms with Crippen molar-refractivity contribution in [2.45, 2.75) is 116 Å². The molecule has 12 nitrogen and oxygen atoms in total. The van der Waals surface area contributed by atoms with E-state index in [1.807, 2.05) is 97.1 Å². The van der Waals surface area contributed by atoms with E-state index in [1.54, 1.807) is 85.8 Å². The van der Waals surface area contributed by atoms with Crippen LogP contribution in [0.2, 0.25) is 0 Å². The van der Waals surface area contributed by atoms with Gasteiger partial charge in [0.05, 0.1) is 24.0 Å². The predicted octanol–water partition coefficient (Wildman–Crippen LogP) is 16.2. The van der Waals surface area contributed by atoms with Gasteiger partial charge in [0.25, 0.3) is 0 Å². The molecule has 7 aromatic carbocycles. The standard InChI is InChI=1S/C13H10O3.C13H8O2.C9H11NO.C9H8O3.C9H6O2.2C3H8.3C2H6/c1-8(14)10-6-2-4-9-5-3-7-11(12(9)10)13(15)16;14-11-7-12(15)10-6-2-4-8-3-1-5-9(11)13(8)10;1-7(11)8-5-3-4-6-9(8)10-2;1-6(10)7-4-2-3-5-8(7)9(11)12;10-8-5-9(11)7-4-2-1-3-6(7)8;2*1-3-2;3*1-2/h2-7H,1H3,(H,15,16);1-6H,7H2;3-6,10H,1-2H3;2-5H,1H3,(H,11,12);1-4H,5H2;2*3H2,1-2H3;3*1-2H3. The maximum absolute atomic E-state index is 11.7. The van der Waals surface area contributed by atoms with Crippen LogP contribution in [0.3, 0.4) is 0 Å². The molecule has 0 atom stereocenters. The Morgan fingerprint density at radius 3 is 1.01 bits per heavy atom. The average molecular weight is 1050 g/mol. The number of carbonyl (C=O) groups is 9. The molecule has 0 radical (unpaired) electrons. The van der Waals surface area contributed by atoms with Crippen LogP contribution in [0.4, 0.5) is 5.69 Å². The Labute approximate surface area is 455 Å². The number of fused-ring (bicyclic) bond motifs is 2. The summed E-state index contributed by atoms with van der Waals surface area (Å²) >= 11 is 0. The van der Waals surface area contributed by atoms with Crippen molar-refractivity contribution in [1.82, 2.24) is 0 Å². The summed E-state index contributed by atoms with van der Waals surface area (Å²) in [4.78, 5) is 100. The van der Waals surface area contributed by atoms with Crippen molar-refractivity contribution >= 4 is 79.7 Å². The van der Waals surface area contributed by atoms with E-state index < -0.39 is 11.9 Å². The summed E-state index contributed by atoms with van der Waals surface area (Å²) in [6.45, 7) is 24.9. The summed E-state index contributed by atoms with van der Waals surface area (Å²) in [6.07, 6.45) is 2.56. The fourth-order valence-electron chi connectivity index (χ4n) is 7.25. The van der Waals surface area contributed by atoms with Crippen LogP contribution >= 0.6 is 0 Å². The third-order valence-corrected chi connectivity index (χ3v) is 10.3. The van der Waals surface area contributed by atoms with Crippen molar-refractivity contribution in [2.24, 2.45) is 0 Å². The minimum Gasteiger partial charge on any atom is -0.478 e. The molecule has 408 valence electrons. The minimum absolute atomic E-state index is 0.0100. The molecule has 12 heteroatoms. The van der Waals surface area contributed by atoms with E-state index in [2.05, 4.69) is 33.0 Å². The number of carbonyl (C=O) groups excluding carboxylic acids is 7. The number of carboxylic acids is 2. The summed E-state index contributed by atoms with van der Waals surface area (Å²) in [5.41, 5.74) is 5.10. The van der Waals surface area contributed by atoms with Crippen molar-refractivity contribution < 1.29 is 53.4 Å². The number of para-hydroxylation sites is 1. The number of aromatic carboxylic acids is 2. The van der Waals surface area contributed by atoms with E-state index in [0.717, 1.165) is 27.4 Å². The van der Waals surface area contributed by atoms with Gasteiger partial charge in [-0.1, -0.05) is 203 Å². The number of benzene rings is 7. The number of carboxylic acid groups (broad SMARTS) is 2. The predicted molar refractivity (Wildman–Crippen MR) is 313 cm³/mol. The van der Waals surface area contributed by atoms with E-state index in [4.69, 9.17) is 10.2 Å². The molecule has 0 saturated heterocycles. The minimum atomic E-state index is -1.07. The van der Waals surface area contributed by atoms with Crippen molar-refractivity contribution in [3.63, 3.8) is 0 Å². The highest BCUT2D eigenvalue weighted by Crippen LogP contribution is 2.29. The molecular formula is C65H77NO11. The van der Waals surface area contributed by atoms with Crippen LogP contribution < -0.4 is 5.32 Å². The lowest BCUT2D eigenvalue weighted by Gasteiger charge is -2.14. The lowest BCUT2D eigenvalue weighted by Crippen LogP contribution is -2.15. The quantitative estimate of drug-likeness (QED) is 0.105. The van der Waals surface area contributed by atoms with Crippen molar-refractivity contribution in [1.29, 1.82) is 0 Å². The molecule has 7 aromatic rings. The highest BCUT2D eigenvalue weighted by molar-refractivity contribution is 6.27. The Hall–Kier alpha value is -8.51. The van der Waals surface area contributed by atoms with Gasteiger partial charge in [-0.3, -0.25) is 33.6 Å². The van der Waals surface area contributed by atoms with Crippen LogP contribution in [0.25, 0.3) is 21.5 Å². The maximum atomic E-state index is 11.7. The fourth-order valence-corrected chi connectivity index (χ4v) is 7.25. The van der Waals surface area contributed by atoms with Gasteiger partial charge in [-0.05, 0) is 55.8 Å². The molecule has 0 aromatic heterocycles. The maximum Gasteiger partial charge on any atom is 0.336 e. The van der Waals surface area contributed by atoms with E-state index >= 15 is 0 Å². The number of Topliss-reactive ketones (excluding diaryl/α,β-unsaturated/α-hetero) is 7. The lowest BCUT2D eigenvalue weighted by molar-refractivity contribution is 0.0685. The number of rotatable bonds is 6. The molecule has 0 heterocycles. The smallest absolute Gasteiger partial charge is 0.336 e. The topological polar surface area (TPSA) is 206 Å². The SMILES string of the molecule is CC.CC.CC.CC(=O)c1cccc2cccc(C(=O)O)c12.CC(=O)c1ccccc1C(=O)O.CCC.CCC.CNc1ccccc1C(C)=O.O=C1CC(=O)c2cccc3cccc1c23.O=C1CC(=O)c2ccccc21. The van der Waals surface area contributed by atoms with Crippen molar-refractivity contribution in [3.05, 3.63) is 196 Å². The normalized spacial score (nSPS) is 10.7. The molecule has 9 rings (SSSR count). The number of ketones is 7. The Bertz CT molecular complexity index is 2930. The van der Waals surface area contributed by atoms with Crippen LogP contribution in [0.1, 0.15) is 209 Å². The van der Waals surface area contributed by atoms with Gasteiger partial charge in [0.15, 0.2) is 40.5 Å². The number of anilines is 1. The number of hydrogen-bond acceptors (Lipinski definition) is 10. The van der Waals surface area contributed by atoms with E-state index in [1.165, 1.54) is 44.9 Å². The zero-order chi connectivity index (χ0) is 58.8. The van der Waals surface area contributed by atoms with Crippen LogP contribution in [0, 0.1) is 0 Å². The van der Waals surface area contributed by atoms with Gasteiger partial charge in [-0.25, -0.2) is 9.59 Å². The van der Waals surface area contributed by atoms with Crippen LogP contribution in [-0.2, 0) is 0 Å². The zero-order valence-electron chi connectivity index (χ0n) is 47.3. The molecule has 0 saturated carbocycles. The first-order valence-electron chi connectivity index (χ1n) is 26.0. The average Bonchev–Trinajstić information content (AvgIpc) is 3.74. The van der Waals surface area contributed by atoms with Gasteiger partial charge in [-0.15, -0.1) is 0 Å². The number of hydrogen-bond donors (Lipinski definition) is 3.